The average molecular weight is 425 g/mol. The summed E-state index contributed by atoms with van der Waals surface area (Å²) < 4.78 is 0. The van der Waals surface area contributed by atoms with Crippen LogP contribution < -0.4 is 0 Å². The van der Waals surface area contributed by atoms with Crippen LogP contribution in [-0.2, 0) is 4.79 Å². The van der Waals surface area contributed by atoms with E-state index in [2.05, 4.69) is 61.5 Å². The van der Waals surface area contributed by atoms with Crippen LogP contribution in [0.2, 0.25) is 0 Å². The van der Waals surface area contributed by atoms with E-state index in [0.717, 1.165) is 36.5 Å². The number of ketones is 1. The Labute approximate surface area is 192 Å². The molecule has 8 atom stereocenters. The fourth-order valence-electron chi connectivity index (χ4n) is 11.1. The molecule has 5 rings (SSSR count). The molecule has 4 saturated carbocycles. The summed E-state index contributed by atoms with van der Waals surface area (Å²) in [5, 5.41) is 0. The Morgan fingerprint density at radius 1 is 0.806 bits per heavy atom. The van der Waals surface area contributed by atoms with Gasteiger partial charge in [0.05, 0.1) is 0 Å². The van der Waals surface area contributed by atoms with Crippen molar-refractivity contribution in [2.45, 2.75) is 113 Å². The van der Waals surface area contributed by atoms with E-state index in [4.69, 9.17) is 0 Å². The fraction of sp³-hybridized carbons (Fsp3) is 0.900. The first-order valence-electron chi connectivity index (χ1n) is 13.6. The van der Waals surface area contributed by atoms with Gasteiger partial charge in [0.25, 0.3) is 0 Å². The molecule has 5 aliphatic carbocycles. The first-order chi connectivity index (χ1) is 14.3. The van der Waals surface area contributed by atoms with Crippen LogP contribution in [0.4, 0.5) is 0 Å². The number of fused-ring (bicyclic) bond motifs is 7. The first kappa shape index (κ1) is 22.2. The van der Waals surface area contributed by atoms with Gasteiger partial charge < -0.3 is 0 Å². The van der Waals surface area contributed by atoms with Gasteiger partial charge in [-0.3, -0.25) is 4.79 Å². The van der Waals surface area contributed by atoms with Crippen molar-refractivity contribution in [1.29, 1.82) is 0 Å². The van der Waals surface area contributed by atoms with E-state index in [-0.39, 0.29) is 5.41 Å². The van der Waals surface area contributed by atoms with Gasteiger partial charge in [0.15, 0.2) is 0 Å². The number of carbonyl (C=O) groups excluding carboxylic acids is 1. The zero-order chi connectivity index (χ0) is 22.6. The molecule has 0 unspecified atom stereocenters. The predicted molar refractivity (Wildman–Crippen MR) is 130 cm³/mol. The third kappa shape index (κ3) is 2.53. The summed E-state index contributed by atoms with van der Waals surface area (Å²) in [4.78, 5) is 12.8. The zero-order valence-corrected chi connectivity index (χ0v) is 21.7. The van der Waals surface area contributed by atoms with Crippen LogP contribution >= 0.6 is 0 Å². The minimum Gasteiger partial charge on any atom is -0.299 e. The smallest absolute Gasteiger partial charge is 0.142 e. The maximum Gasteiger partial charge on any atom is 0.142 e. The Balaban J connectivity index is 1.55. The molecule has 0 aromatic rings. The van der Waals surface area contributed by atoms with Crippen LogP contribution in [0.25, 0.3) is 0 Å². The Bertz CT molecular complexity index is 818. The van der Waals surface area contributed by atoms with Gasteiger partial charge in [0.2, 0.25) is 0 Å². The molecule has 0 saturated heterocycles. The van der Waals surface area contributed by atoms with Gasteiger partial charge in [0, 0.05) is 11.8 Å². The lowest BCUT2D eigenvalue weighted by molar-refractivity contribution is -0.212. The van der Waals surface area contributed by atoms with Crippen LogP contribution in [0, 0.1) is 56.7 Å². The van der Waals surface area contributed by atoms with E-state index >= 15 is 0 Å². The SMILES string of the molecule is CC(C)[C@H]1CC[C@H]2[C@]1(C)CC[C@]1(C)[C@H]3CC=C4[C@@H](CCC(=O)C4(C)C)[C@]3(C)CC[C@@]21C. The zero-order valence-electron chi connectivity index (χ0n) is 21.7. The van der Waals surface area contributed by atoms with Crippen molar-refractivity contribution in [3.63, 3.8) is 0 Å². The van der Waals surface area contributed by atoms with Gasteiger partial charge in [-0.15, -0.1) is 0 Å². The van der Waals surface area contributed by atoms with Crippen molar-refractivity contribution in [2.24, 2.45) is 56.7 Å². The lowest BCUT2D eigenvalue weighted by Crippen LogP contribution is -2.64. The summed E-state index contributed by atoms with van der Waals surface area (Å²) >= 11 is 0. The second kappa shape index (κ2) is 6.50. The van der Waals surface area contributed by atoms with Crippen LogP contribution in [-0.4, -0.2) is 5.78 Å². The van der Waals surface area contributed by atoms with Crippen LogP contribution in [0.3, 0.4) is 0 Å². The van der Waals surface area contributed by atoms with Crippen molar-refractivity contribution in [1.82, 2.24) is 0 Å². The van der Waals surface area contributed by atoms with E-state index in [1.165, 1.54) is 50.5 Å². The van der Waals surface area contributed by atoms with Gasteiger partial charge in [0.1, 0.15) is 5.78 Å². The molecule has 31 heavy (non-hydrogen) atoms. The molecule has 0 radical (unpaired) electrons. The highest BCUT2D eigenvalue weighted by Gasteiger charge is 2.70. The van der Waals surface area contributed by atoms with Crippen molar-refractivity contribution in [3.05, 3.63) is 11.6 Å². The Kier molecular flexibility index (Phi) is 4.66. The average Bonchev–Trinajstić information content (AvgIpc) is 3.05. The maximum atomic E-state index is 12.8. The fourth-order valence-corrected chi connectivity index (χ4v) is 11.1. The molecule has 0 aromatic carbocycles. The van der Waals surface area contributed by atoms with E-state index in [1.807, 2.05) is 0 Å². The Hall–Kier alpha value is -0.590. The number of rotatable bonds is 1. The molecule has 4 fully saturated rings. The van der Waals surface area contributed by atoms with Gasteiger partial charge in [-0.05, 0) is 116 Å². The van der Waals surface area contributed by atoms with Gasteiger partial charge in [-0.1, -0.05) is 53.2 Å². The van der Waals surface area contributed by atoms with Crippen molar-refractivity contribution in [3.8, 4) is 0 Å². The maximum absolute atomic E-state index is 12.8. The van der Waals surface area contributed by atoms with Crippen LogP contribution in [0.15, 0.2) is 11.6 Å². The van der Waals surface area contributed by atoms with E-state index in [0.29, 0.717) is 33.4 Å². The number of Topliss-reactive ketones (excluding diaryl/α,β-unsaturated/α-hetero) is 1. The predicted octanol–water partition coefficient (Wildman–Crippen LogP) is 8.23. The van der Waals surface area contributed by atoms with E-state index in [1.54, 1.807) is 0 Å². The summed E-state index contributed by atoms with van der Waals surface area (Å²) in [6.07, 6.45) is 14.2. The molecule has 1 nitrogen and oxygen atoms in total. The third-order valence-corrected chi connectivity index (χ3v) is 13.0. The summed E-state index contributed by atoms with van der Waals surface area (Å²) in [5.74, 6) is 4.50. The molecule has 0 amide bonds. The molecular formula is C30H48O. The molecule has 0 heterocycles. The van der Waals surface area contributed by atoms with E-state index in [9.17, 15) is 4.79 Å². The van der Waals surface area contributed by atoms with Crippen LogP contribution in [0.5, 0.6) is 0 Å². The minimum atomic E-state index is -0.236. The summed E-state index contributed by atoms with van der Waals surface area (Å²) in [6.45, 7) is 20.1. The molecule has 0 bridgehead atoms. The van der Waals surface area contributed by atoms with Crippen molar-refractivity contribution in [2.75, 3.05) is 0 Å². The molecule has 0 aliphatic heterocycles. The quantitative estimate of drug-likeness (QED) is 0.387. The highest BCUT2D eigenvalue weighted by atomic mass is 16.1. The second-order valence-corrected chi connectivity index (χ2v) is 14.4. The minimum absolute atomic E-state index is 0.236. The number of carbonyl (C=O) groups is 1. The van der Waals surface area contributed by atoms with Crippen molar-refractivity contribution >= 4 is 5.78 Å². The standard InChI is InChI=1S/C30H48O/c1-19(2)20-9-12-23-27(20,5)15-17-30(8)24-13-10-21-22(11-14-25(31)26(21,3)4)28(24,6)16-18-29(23,30)7/h10,19-20,22-24H,9,11-18H2,1-8H3/t20-,22-,23+,24+,27-,28+,29+,30-/m1/s1. The molecule has 0 aromatic heterocycles. The van der Waals surface area contributed by atoms with E-state index < -0.39 is 0 Å². The monoisotopic (exact) mass is 424 g/mol. The molecular weight excluding hydrogens is 376 g/mol. The highest BCUT2D eigenvalue weighted by Crippen LogP contribution is 2.77. The lowest BCUT2D eigenvalue weighted by Gasteiger charge is -2.71. The lowest BCUT2D eigenvalue weighted by atomic mass is 9.33. The van der Waals surface area contributed by atoms with Crippen LogP contribution in [0.1, 0.15) is 113 Å². The van der Waals surface area contributed by atoms with Gasteiger partial charge in [-0.2, -0.15) is 0 Å². The molecule has 0 N–H and O–H groups in total. The highest BCUT2D eigenvalue weighted by molar-refractivity contribution is 5.88. The molecule has 5 aliphatic rings. The largest absolute Gasteiger partial charge is 0.299 e. The number of hydrogen-bond acceptors (Lipinski definition) is 1. The van der Waals surface area contributed by atoms with Crippen molar-refractivity contribution < 1.29 is 4.79 Å². The third-order valence-electron chi connectivity index (χ3n) is 13.0. The summed E-state index contributed by atoms with van der Waals surface area (Å²) in [6, 6.07) is 0. The Morgan fingerprint density at radius 3 is 2.06 bits per heavy atom. The normalized spacial score (nSPS) is 53.3. The first-order valence-corrected chi connectivity index (χ1v) is 13.6. The number of hydrogen-bond donors (Lipinski definition) is 0. The van der Waals surface area contributed by atoms with Gasteiger partial charge in [-0.25, -0.2) is 0 Å². The summed E-state index contributed by atoms with van der Waals surface area (Å²) in [7, 11) is 0. The number of allylic oxidation sites excluding steroid dienone is 2. The second-order valence-electron chi connectivity index (χ2n) is 14.4. The summed E-state index contributed by atoms with van der Waals surface area (Å²) in [5.41, 5.74) is 3.10. The molecule has 1 heteroatoms. The Morgan fingerprint density at radius 2 is 1.42 bits per heavy atom. The topological polar surface area (TPSA) is 17.1 Å². The molecule has 0 spiro atoms. The molecule has 174 valence electrons. The van der Waals surface area contributed by atoms with Gasteiger partial charge >= 0.3 is 0 Å².